The van der Waals surface area contributed by atoms with Gasteiger partial charge in [-0.05, 0) is 94.1 Å². The van der Waals surface area contributed by atoms with E-state index >= 15 is 0 Å². The van der Waals surface area contributed by atoms with E-state index in [-0.39, 0.29) is 10.8 Å². The van der Waals surface area contributed by atoms with Gasteiger partial charge in [-0.1, -0.05) is 113 Å². The number of nitrogens with zero attached hydrogens (tertiary/aromatic N) is 2. The van der Waals surface area contributed by atoms with Crippen molar-refractivity contribution in [2.45, 2.75) is 51.4 Å². The molecule has 246 valence electrons. The highest BCUT2D eigenvalue weighted by Crippen LogP contribution is 2.52. The maximum Gasteiger partial charge on any atom is 0.0795 e. The smallest absolute Gasteiger partial charge is 0.0795 e. The van der Waals surface area contributed by atoms with Crippen molar-refractivity contribution < 1.29 is 0 Å². The average molecular weight is 675 g/mol. The normalized spacial score (nSPS) is 15.6. The third-order valence-electron chi connectivity index (χ3n) is 12.1. The Morgan fingerprint density at radius 2 is 1.02 bits per heavy atom. The predicted molar refractivity (Wildman–Crippen MR) is 221 cm³/mol. The van der Waals surface area contributed by atoms with Crippen LogP contribution >= 0.6 is 11.3 Å². The highest BCUT2D eigenvalue weighted by molar-refractivity contribution is 7.25. The van der Waals surface area contributed by atoms with Crippen LogP contribution in [0.5, 0.6) is 0 Å². The van der Waals surface area contributed by atoms with E-state index < -0.39 is 0 Å². The molecule has 7 aromatic carbocycles. The molecule has 0 radical (unpaired) electrons. The van der Waals surface area contributed by atoms with E-state index in [0.717, 1.165) is 0 Å². The van der Waals surface area contributed by atoms with Crippen molar-refractivity contribution in [3.63, 3.8) is 0 Å². The molecule has 0 aliphatic heterocycles. The molecule has 2 nitrogen and oxygen atoms in total. The molecule has 11 rings (SSSR count). The van der Waals surface area contributed by atoms with Crippen LogP contribution in [0.4, 0.5) is 0 Å². The molecular formula is C48H38N2S. The molecular weight excluding hydrogens is 637 g/mol. The van der Waals surface area contributed by atoms with Crippen molar-refractivity contribution in [2.24, 2.45) is 0 Å². The van der Waals surface area contributed by atoms with Crippen LogP contribution in [0.3, 0.4) is 0 Å². The van der Waals surface area contributed by atoms with E-state index in [0.29, 0.717) is 0 Å². The van der Waals surface area contributed by atoms with E-state index in [1.807, 2.05) is 11.3 Å². The number of hydrogen-bond acceptors (Lipinski definition) is 1. The first-order valence-corrected chi connectivity index (χ1v) is 19.1. The number of aromatic nitrogens is 2. The fourth-order valence-corrected chi connectivity index (χ4v) is 10.7. The van der Waals surface area contributed by atoms with E-state index in [2.05, 4.69) is 170 Å². The fraction of sp³-hybridized carbons (Fsp3) is 0.167. The van der Waals surface area contributed by atoms with Crippen molar-refractivity contribution >= 4 is 85.9 Å². The molecule has 51 heavy (non-hydrogen) atoms. The van der Waals surface area contributed by atoms with Gasteiger partial charge in [0.1, 0.15) is 0 Å². The number of para-hydroxylation sites is 2. The lowest BCUT2D eigenvalue weighted by molar-refractivity contribution is 0.332. The van der Waals surface area contributed by atoms with Crippen molar-refractivity contribution in [3.8, 4) is 11.4 Å². The van der Waals surface area contributed by atoms with Crippen LogP contribution < -0.4 is 0 Å². The predicted octanol–water partition coefficient (Wildman–Crippen LogP) is 13.8. The molecule has 3 heterocycles. The standard InChI is InChI=1S/C48H38N2S/c1-47(2)25-26-48(3,4)36-28-39-34(27-35(36)47)43-31-18-9-8-17-30(31)42-32-19-10-12-21-37(32)50(46(42)45(43)49(39)29-15-6-5-7-16-29)38-22-14-24-41-44(38)33-20-11-13-23-40(33)51-41/h5-24,27-28H,25-26H2,1-4H3. The Bertz CT molecular complexity index is 3080. The highest BCUT2D eigenvalue weighted by Gasteiger charge is 2.38. The molecule has 0 unspecified atom stereocenters. The summed E-state index contributed by atoms with van der Waals surface area (Å²) in [6.07, 6.45) is 2.37. The van der Waals surface area contributed by atoms with Crippen molar-refractivity contribution in [1.82, 2.24) is 9.13 Å². The van der Waals surface area contributed by atoms with Crippen LogP contribution in [-0.2, 0) is 10.8 Å². The van der Waals surface area contributed by atoms with Crippen LogP contribution in [0.1, 0.15) is 51.7 Å². The number of benzene rings is 7. The number of fused-ring (bicyclic) bond motifs is 14. The number of hydrogen-bond donors (Lipinski definition) is 0. The van der Waals surface area contributed by atoms with Crippen LogP contribution in [0, 0.1) is 0 Å². The fourth-order valence-electron chi connectivity index (χ4n) is 9.54. The van der Waals surface area contributed by atoms with Gasteiger partial charge in [-0.2, -0.15) is 0 Å². The van der Waals surface area contributed by atoms with Crippen molar-refractivity contribution in [2.75, 3.05) is 0 Å². The van der Waals surface area contributed by atoms with Crippen LogP contribution in [0.15, 0.2) is 133 Å². The second-order valence-electron chi connectivity index (χ2n) is 15.9. The van der Waals surface area contributed by atoms with Gasteiger partial charge in [-0.15, -0.1) is 11.3 Å². The molecule has 3 aromatic heterocycles. The minimum Gasteiger partial charge on any atom is -0.307 e. The Kier molecular flexibility index (Phi) is 5.82. The Morgan fingerprint density at radius 3 is 1.76 bits per heavy atom. The molecule has 0 amide bonds. The molecule has 10 aromatic rings. The monoisotopic (exact) mass is 674 g/mol. The Balaban J connectivity index is 1.46. The molecule has 0 saturated heterocycles. The van der Waals surface area contributed by atoms with Crippen molar-refractivity contribution in [3.05, 3.63) is 145 Å². The van der Waals surface area contributed by atoms with Crippen LogP contribution in [-0.4, -0.2) is 9.13 Å². The molecule has 1 aliphatic rings. The summed E-state index contributed by atoms with van der Waals surface area (Å²) in [6.45, 7) is 9.78. The molecule has 1 aliphatic carbocycles. The molecule has 0 spiro atoms. The van der Waals surface area contributed by atoms with Crippen LogP contribution in [0.2, 0.25) is 0 Å². The largest absolute Gasteiger partial charge is 0.307 e. The van der Waals surface area contributed by atoms with Crippen LogP contribution in [0.25, 0.3) is 85.9 Å². The summed E-state index contributed by atoms with van der Waals surface area (Å²) in [4.78, 5) is 0. The third kappa shape index (κ3) is 3.88. The first kappa shape index (κ1) is 29.4. The van der Waals surface area contributed by atoms with Gasteiger partial charge in [0.25, 0.3) is 0 Å². The molecule has 3 heteroatoms. The molecule has 0 fully saturated rings. The van der Waals surface area contributed by atoms with E-state index in [1.165, 1.54) is 110 Å². The summed E-state index contributed by atoms with van der Waals surface area (Å²) in [6, 6.07) is 50.2. The highest BCUT2D eigenvalue weighted by atomic mass is 32.1. The SMILES string of the molecule is CC1(C)CCC(C)(C)c2cc3c(cc21)c1c2ccccc2c2c4ccccc4n(-c4cccc5sc6ccccc6c45)c2c1n3-c1ccccc1. The zero-order valence-electron chi connectivity index (χ0n) is 29.4. The lowest BCUT2D eigenvalue weighted by Crippen LogP contribution is -2.33. The van der Waals surface area contributed by atoms with Gasteiger partial charge >= 0.3 is 0 Å². The van der Waals surface area contributed by atoms with Gasteiger partial charge in [0.2, 0.25) is 0 Å². The maximum absolute atomic E-state index is 2.60. The summed E-state index contributed by atoms with van der Waals surface area (Å²) in [5.41, 5.74) is 10.7. The first-order chi connectivity index (χ1) is 24.8. The molecule has 0 atom stereocenters. The quantitative estimate of drug-likeness (QED) is 0.173. The lowest BCUT2D eigenvalue weighted by atomic mass is 9.63. The second kappa shape index (κ2) is 10.1. The maximum atomic E-state index is 2.60. The minimum atomic E-state index is 0.0962. The Labute approximate surface area is 301 Å². The number of thiophene rings is 1. The third-order valence-corrected chi connectivity index (χ3v) is 13.3. The van der Waals surface area contributed by atoms with Gasteiger partial charge in [-0.25, -0.2) is 0 Å². The molecule has 0 bridgehead atoms. The Morgan fingerprint density at radius 1 is 0.451 bits per heavy atom. The first-order valence-electron chi connectivity index (χ1n) is 18.2. The Hall–Kier alpha value is -5.38. The summed E-state index contributed by atoms with van der Waals surface area (Å²) in [5.74, 6) is 0. The van der Waals surface area contributed by atoms with Gasteiger partial charge < -0.3 is 9.13 Å². The van der Waals surface area contributed by atoms with E-state index in [1.54, 1.807) is 0 Å². The van der Waals surface area contributed by atoms with Gasteiger partial charge in [-0.3, -0.25) is 0 Å². The molecule has 0 N–H and O–H groups in total. The summed E-state index contributed by atoms with van der Waals surface area (Å²) in [7, 11) is 0. The van der Waals surface area contributed by atoms with Crippen molar-refractivity contribution in [1.29, 1.82) is 0 Å². The second-order valence-corrected chi connectivity index (χ2v) is 17.0. The summed E-state index contributed by atoms with van der Waals surface area (Å²) in [5, 5.41) is 10.5. The number of rotatable bonds is 2. The van der Waals surface area contributed by atoms with Gasteiger partial charge in [0, 0.05) is 47.4 Å². The van der Waals surface area contributed by atoms with Gasteiger partial charge in [0.05, 0.1) is 27.8 Å². The average Bonchev–Trinajstić information content (AvgIpc) is 3.81. The van der Waals surface area contributed by atoms with Gasteiger partial charge in [0.15, 0.2) is 0 Å². The zero-order valence-corrected chi connectivity index (χ0v) is 30.2. The topological polar surface area (TPSA) is 9.86 Å². The summed E-state index contributed by atoms with van der Waals surface area (Å²) >= 11 is 1.89. The van der Waals surface area contributed by atoms with E-state index in [9.17, 15) is 0 Å². The molecule has 0 saturated carbocycles. The zero-order chi connectivity index (χ0) is 34.2. The van der Waals surface area contributed by atoms with E-state index in [4.69, 9.17) is 0 Å². The summed E-state index contributed by atoms with van der Waals surface area (Å²) < 4.78 is 7.84. The lowest BCUT2D eigenvalue weighted by Gasteiger charge is -2.42. The minimum absolute atomic E-state index is 0.0962.